The summed E-state index contributed by atoms with van der Waals surface area (Å²) in [6.07, 6.45) is 1.64. The second kappa shape index (κ2) is 11.4. The van der Waals surface area contributed by atoms with Crippen molar-refractivity contribution in [2.75, 3.05) is 37.6 Å². The number of anilines is 1. The third kappa shape index (κ3) is 5.76. The van der Waals surface area contributed by atoms with Gasteiger partial charge >= 0.3 is 11.7 Å². The van der Waals surface area contributed by atoms with Gasteiger partial charge in [-0.15, -0.1) is 0 Å². The van der Waals surface area contributed by atoms with Crippen LogP contribution in [0.15, 0.2) is 70.5 Å². The van der Waals surface area contributed by atoms with Crippen LogP contribution in [0, 0.1) is 0 Å². The van der Waals surface area contributed by atoms with Crippen molar-refractivity contribution in [2.45, 2.75) is 6.54 Å². The Bertz CT molecular complexity index is 1500. The van der Waals surface area contributed by atoms with Crippen LogP contribution >= 0.6 is 11.6 Å². The summed E-state index contributed by atoms with van der Waals surface area (Å²) >= 11 is 6.31. The molecule has 4 aromatic rings. The SMILES string of the molecule is Cn1c(=O)c2c(ncn2CCN2CCN(c3ccccc3Cl)CC2)n(C)c1=O.O=C(O)c1ccccc1. The predicted octanol–water partition coefficient (Wildman–Crippen LogP) is 2.29. The minimum atomic E-state index is -0.879. The molecule has 1 saturated heterocycles. The molecule has 3 heterocycles. The number of aromatic nitrogens is 4. The van der Waals surface area contributed by atoms with Gasteiger partial charge in [0.25, 0.3) is 5.56 Å². The number of halogens is 1. The number of rotatable bonds is 5. The smallest absolute Gasteiger partial charge is 0.335 e. The first-order chi connectivity index (χ1) is 17.8. The number of para-hydroxylation sites is 1. The number of carbonyl (C=O) groups is 1. The van der Waals surface area contributed by atoms with Crippen molar-refractivity contribution in [3.8, 4) is 0 Å². The van der Waals surface area contributed by atoms with Gasteiger partial charge in [0.05, 0.1) is 22.6 Å². The van der Waals surface area contributed by atoms with Gasteiger partial charge in [0.15, 0.2) is 11.2 Å². The van der Waals surface area contributed by atoms with Crippen LogP contribution < -0.4 is 16.1 Å². The average Bonchev–Trinajstić information content (AvgIpc) is 3.35. The van der Waals surface area contributed by atoms with E-state index in [1.54, 1.807) is 43.7 Å². The van der Waals surface area contributed by atoms with E-state index in [-0.39, 0.29) is 11.2 Å². The summed E-state index contributed by atoms with van der Waals surface area (Å²) in [5, 5.41) is 9.16. The van der Waals surface area contributed by atoms with Crippen molar-refractivity contribution >= 4 is 34.4 Å². The molecule has 2 aromatic carbocycles. The lowest BCUT2D eigenvalue weighted by Gasteiger charge is -2.36. The summed E-state index contributed by atoms with van der Waals surface area (Å²) in [7, 11) is 3.13. The lowest BCUT2D eigenvalue weighted by molar-refractivity contribution is 0.0697. The van der Waals surface area contributed by atoms with E-state index in [9.17, 15) is 14.4 Å². The second-order valence-electron chi connectivity index (χ2n) is 8.77. The Morgan fingerprint density at radius 2 is 1.57 bits per heavy atom. The molecule has 2 aromatic heterocycles. The molecule has 0 unspecified atom stereocenters. The lowest BCUT2D eigenvalue weighted by atomic mass is 10.2. The van der Waals surface area contributed by atoms with Gasteiger partial charge in [-0.05, 0) is 24.3 Å². The Morgan fingerprint density at radius 3 is 2.19 bits per heavy atom. The Hall–Kier alpha value is -3.89. The summed E-state index contributed by atoms with van der Waals surface area (Å²) in [4.78, 5) is 43.7. The second-order valence-corrected chi connectivity index (χ2v) is 9.17. The fourth-order valence-electron chi connectivity index (χ4n) is 4.32. The van der Waals surface area contributed by atoms with Crippen LogP contribution in [0.1, 0.15) is 10.4 Å². The highest BCUT2D eigenvalue weighted by atomic mass is 35.5. The fourth-order valence-corrected chi connectivity index (χ4v) is 4.57. The van der Waals surface area contributed by atoms with Gasteiger partial charge in [-0.2, -0.15) is 0 Å². The van der Waals surface area contributed by atoms with Crippen LogP contribution in [0.3, 0.4) is 0 Å². The Kier molecular flexibility index (Phi) is 8.10. The van der Waals surface area contributed by atoms with E-state index in [1.807, 2.05) is 22.8 Å². The molecule has 5 rings (SSSR count). The maximum absolute atomic E-state index is 12.5. The first-order valence-corrected chi connectivity index (χ1v) is 12.3. The Morgan fingerprint density at radius 1 is 0.919 bits per heavy atom. The van der Waals surface area contributed by atoms with Crippen molar-refractivity contribution in [3.63, 3.8) is 0 Å². The van der Waals surface area contributed by atoms with E-state index < -0.39 is 5.97 Å². The number of hydrogen-bond donors (Lipinski definition) is 1. The fraction of sp³-hybridized carbons (Fsp3) is 0.308. The van der Waals surface area contributed by atoms with E-state index in [0.717, 1.165) is 48.0 Å². The van der Waals surface area contributed by atoms with Gasteiger partial charge in [-0.25, -0.2) is 14.6 Å². The average molecular weight is 525 g/mol. The Balaban J connectivity index is 0.000000301. The van der Waals surface area contributed by atoms with E-state index in [2.05, 4.69) is 20.9 Å². The molecular formula is C26H29ClN6O4. The summed E-state index contributed by atoms with van der Waals surface area (Å²) < 4.78 is 4.38. The predicted molar refractivity (Wildman–Crippen MR) is 144 cm³/mol. The van der Waals surface area contributed by atoms with Crippen LogP contribution in [-0.2, 0) is 20.6 Å². The maximum atomic E-state index is 12.5. The van der Waals surface area contributed by atoms with Crippen molar-refractivity contribution < 1.29 is 9.90 Å². The molecule has 0 radical (unpaired) electrons. The number of fused-ring (bicyclic) bond motifs is 1. The van der Waals surface area contributed by atoms with Crippen LogP contribution in [0.5, 0.6) is 0 Å². The van der Waals surface area contributed by atoms with Gasteiger partial charge in [0.1, 0.15) is 0 Å². The molecule has 11 heteroatoms. The van der Waals surface area contributed by atoms with Gasteiger partial charge in [-0.3, -0.25) is 18.8 Å². The number of carboxylic acid groups (broad SMARTS) is 1. The molecule has 1 N–H and O–H groups in total. The van der Waals surface area contributed by atoms with Crippen molar-refractivity contribution in [2.24, 2.45) is 14.1 Å². The topological polar surface area (TPSA) is 106 Å². The highest BCUT2D eigenvalue weighted by Gasteiger charge is 2.20. The highest BCUT2D eigenvalue weighted by molar-refractivity contribution is 6.33. The summed E-state index contributed by atoms with van der Waals surface area (Å²) in [5.74, 6) is -0.879. The van der Waals surface area contributed by atoms with Crippen LogP contribution in [-0.4, -0.2) is 67.4 Å². The molecule has 0 amide bonds. The molecule has 0 bridgehead atoms. The molecule has 0 saturated carbocycles. The number of nitrogens with zero attached hydrogens (tertiary/aromatic N) is 6. The van der Waals surface area contributed by atoms with Crippen molar-refractivity contribution in [1.29, 1.82) is 0 Å². The standard InChI is InChI=1S/C19H23ClN6O2.C7H6O2/c1-22-17-16(18(27)23(2)19(22)28)26(13-21-17)12-9-24-7-10-25(11-8-24)15-6-4-3-5-14(15)20;8-7(9)6-4-2-1-3-5-6/h3-6,13H,7-12H2,1-2H3;1-5H,(H,8,9). The normalized spacial score (nSPS) is 13.9. The summed E-state index contributed by atoms with van der Waals surface area (Å²) in [5.41, 5.74) is 1.64. The molecule has 194 valence electrons. The van der Waals surface area contributed by atoms with Crippen LogP contribution in [0.2, 0.25) is 5.02 Å². The van der Waals surface area contributed by atoms with Crippen LogP contribution in [0.4, 0.5) is 5.69 Å². The quantitative estimate of drug-likeness (QED) is 0.427. The molecule has 1 aliphatic heterocycles. The Labute approximate surface area is 218 Å². The van der Waals surface area contributed by atoms with E-state index in [4.69, 9.17) is 16.7 Å². The minimum Gasteiger partial charge on any atom is -0.478 e. The molecule has 0 atom stereocenters. The molecular weight excluding hydrogens is 496 g/mol. The maximum Gasteiger partial charge on any atom is 0.335 e. The third-order valence-corrected chi connectivity index (χ3v) is 6.78. The molecule has 37 heavy (non-hydrogen) atoms. The van der Waals surface area contributed by atoms with E-state index in [1.165, 1.54) is 11.6 Å². The zero-order chi connectivity index (χ0) is 26.5. The van der Waals surface area contributed by atoms with E-state index in [0.29, 0.717) is 23.3 Å². The number of imidazole rings is 1. The molecule has 1 fully saturated rings. The van der Waals surface area contributed by atoms with Gasteiger partial charge in [0, 0.05) is 53.4 Å². The largest absolute Gasteiger partial charge is 0.478 e. The number of hydrogen-bond acceptors (Lipinski definition) is 6. The molecule has 10 nitrogen and oxygen atoms in total. The number of aromatic carboxylic acids is 1. The number of benzene rings is 2. The van der Waals surface area contributed by atoms with Gasteiger partial charge in [-0.1, -0.05) is 41.9 Å². The number of carboxylic acids is 1. The summed E-state index contributed by atoms with van der Waals surface area (Å²) in [6, 6.07) is 16.2. The number of aryl methyl sites for hydroxylation is 1. The van der Waals surface area contributed by atoms with Gasteiger partial charge in [0.2, 0.25) is 0 Å². The highest BCUT2D eigenvalue weighted by Crippen LogP contribution is 2.26. The zero-order valence-corrected chi connectivity index (χ0v) is 21.5. The molecule has 1 aliphatic rings. The summed E-state index contributed by atoms with van der Waals surface area (Å²) in [6.45, 7) is 5.13. The minimum absolute atomic E-state index is 0.306. The zero-order valence-electron chi connectivity index (χ0n) is 20.7. The van der Waals surface area contributed by atoms with E-state index >= 15 is 0 Å². The first kappa shape index (κ1) is 26.2. The van der Waals surface area contributed by atoms with Gasteiger partial charge < -0.3 is 14.6 Å². The lowest BCUT2D eigenvalue weighted by Crippen LogP contribution is -2.47. The molecule has 0 aliphatic carbocycles. The first-order valence-electron chi connectivity index (χ1n) is 11.9. The number of piperazine rings is 1. The third-order valence-electron chi connectivity index (χ3n) is 6.46. The van der Waals surface area contributed by atoms with Crippen molar-refractivity contribution in [3.05, 3.63) is 92.3 Å². The molecule has 0 spiro atoms. The van der Waals surface area contributed by atoms with Crippen LogP contribution in [0.25, 0.3) is 11.2 Å². The van der Waals surface area contributed by atoms with Crippen molar-refractivity contribution in [1.82, 2.24) is 23.6 Å². The monoisotopic (exact) mass is 524 g/mol.